The average molecular weight is 335 g/mol. The van der Waals surface area contributed by atoms with Crippen LogP contribution in [0.3, 0.4) is 0 Å². The molecule has 23 heavy (non-hydrogen) atoms. The third kappa shape index (κ3) is 3.59. The number of hydrogen-bond donors (Lipinski definition) is 4. The number of carbonyl (C=O) groups excluding carboxylic acids is 1. The molecule has 1 aliphatic carbocycles. The van der Waals surface area contributed by atoms with Crippen molar-refractivity contribution in [3.63, 3.8) is 0 Å². The minimum Gasteiger partial charge on any atom is -0.393 e. The summed E-state index contributed by atoms with van der Waals surface area (Å²) in [5.41, 5.74) is -0.805. The Morgan fingerprint density at radius 1 is 1.39 bits per heavy atom. The first-order valence-electron chi connectivity index (χ1n) is 7.34. The fourth-order valence-electron chi connectivity index (χ4n) is 2.78. The van der Waals surface area contributed by atoms with Gasteiger partial charge in [0.2, 0.25) is 5.91 Å². The zero-order chi connectivity index (χ0) is 16.4. The molecule has 7 nitrogen and oxygen atoms in total. The van der Waals surface area contributed by atoms with E-state index in [0.29, 0.717) is 12.8 Å². The number of rotatable bonds is 5. The summed E-state index contributed by atoms with van der Waals surface area (Å²) >= 11 is 1.54. The molecule has 2 aromatic heterocycles. The second kappa shape index (κ2) is 6.51. The Bertz CT molecular complexity index is 790. The van der Waals surface area contributed by atoms with E-state index in [-0.39, 0.29) is 36.0 Å². The predicted molar refractivity (Wildman–Crippen MR) is 85.3 cm³/mol. The van der Waals surface area contributed by atoms with Crippen molar-refractivity contribution in [3.8, 4) is 0 Å². The Labute approximate surface area is 135 Å². The van der Waals surface area contributed by atoms with Crippen LogP contribution in [0.4, 0.5) is 0 Å². The highest BCUT2D eigenvalue weighted by Gasteiger charge is 2.36. The molecule has 3 rings (SSSR count). The molecule has 2 heterocycles. The highest BCUT2D eigenvalue weighted by molar-refractivity contribution is 7.10. The van der Waals surface area contributed by atoms with Gasteiger partial charge in [0.15, 0.2) is 0 Å². The molecule has 0 aromatic carbocycles. The summed E-state index contributed by atoms with van der Waals surface area (Å²) in [5, 5.41) is 18.7. The Balaban J connectivity index is 1.72. The molecule has 0 radical (unpaired) electrons. The number of aromatic amines is 2. The molecule has 0 spiro atoms. The van der Waals surface area contributed by atoms with E-state index in [1.807, 2.05) is 17.5 Å². The standard InChI is InChI=1S/C15H17N3O4S/c19-10-4-8(5-10)14(11-2-1-3-23-11)16-12(20)6-9-7-13(21)17-18-15(9)22/h1-3,7-8,10,14,19H,4-6H2,(H,16,20)(H,17,21)(H,18,22). The first-order valence-corrected chi connectivity index (χ1v) is 8.22. The highest BCUT2D eigenvalue weighted by atomic mass is 32.1. The number of carbonyl (C=O) groups is 1. The maximum Gasteiger partial charge on any atom is 0.266 e. The van der Waals surface area contributed by atoms with Crippen molar-refractivity contribution in [1.82, 2.24) is 15.5 Å². The van der Waals surface area contributed by atoms with E-state index in [1.54, 1.807) is 11.3 Å². The minimum atomic E-state index is -0.480. The van der Waals surface area contributed by atoms with Gasteiger partial charge in [0.05, 0.1) is 18.6 Å². The molecule has 0 aliphatic heterocycles. The van der Waals surface area contributed by atoms with Crippen molar-refractivity contribution in [2.24, 2.45) is 5.92 Å². The molecular formula is C15H17N3O4S. The molecular weight excluding hydrogens is 318 g/mol. The van der Waals surface area contributed by atoms with Gasteiger partial charge in [-0.15, -0.1) is 11.3 Å². The summed E-state index contributed by atoms with van der Waals surface area (Å²) in [5.74, 6) is -0.133. The van der Waals surface area contributed by atoms with Gasteiger partial charge in [0, 0.05) is 16.5 Å². The van der Waals surface area contributed by atoms with Crippen LogP contribution in [-0.2, 0) is 11.2 Å². The van der Waals surface area contributed by atoms with Crippen molar-refractivity contribution in [2.45, 2.75) is 31.4 Å². The smallest absolute Gasteiger partial charge is 0.266 e. The molecule has 1 atom stereocenters. The van der Waals surface area contributed by atoms with Gasteiger partial charge >= 0.3 is 0 Å². The van der Waals surface area contributed by atoms with Crippen LogP contribution in [0.1, 0.15) is 29.3 Å². The van der Waals surface area contributed by atoms with Gasteiger partial charge in [0.25, 0.3) is 11.1 Å². The molecule has 1 fully saturated rings. The van der Waals surface area contributed by atoms with E-state index in [4.69, 9.17) is 0 Å². The summed E-state index contributed by atoms with van der Waals surface area (Å²) in [4.78, 5) is 36.2. The number of nitrogens with one attached hydrogen (secondary N) is 3. The lowest BCUT2D eigenvalue weighted by molar-refractivity contribution is -0.122. The Morgan fingerprint density at radius 2 is 2.17 bits per heavy atom. The van der Waals surface area contributed by atoms with E-state index in [9.17, 15) is 19.5 Å². The van der Waals surface area contributed by atoms with Crippen LogP contribution in [0, 0.1) is 5.92 Å². The number of aliphatic hydroxyl groups is 1. The third-order valence-corrected chi connectivity index (χ3v) is 4.99. The topological polar surface area (TPSA) is 115 Å². The lowest BCUT2D eigenvalue weighted by atomic mass is 9.76. The first kappa shape index (κ1) is 15.7. The fraction of sp³-hybridized carbons (Fsp3) is 0.400. The second-order valence-electron chi connectivity index (χ2n) is 5.74. The van der Waals surface area contributed by atoms with Crippen LogP contribution in [0.25, 0.3) is 0 Å². The zero-order valence-electron chi connectivity index (χ0n) is 12.2. The molecule has 8 heteroatoms. The summed E-state index contributed by atoms with van der Waals surface area (Å²) in [6.07, 6.45) is 0.828. The molecule has 1 aliphatic rings. The number of hydrogen-bond acceptors (Lipinski definition) is 5. The van der Waals surface area contributed by atoms with E-state index < -0.39 is 11.1 Å². The third-order valence-electron chi connectivity index (χ3n) is 4.03. The van der Waals surface area contributed by atoms with Crippen LogP contribution >= 0.6 is 11.3 Å². The summed E-state index contributed by atoms with van der Waals surface area (Å²) in [6, 6.07) is 4.81. The van der Waals surface area contributed by atoms with Crippen LogP contribution in [0.15, 0.2) is 33.2 Å². The van der Waals surface area contributed by atoms with E-state index in [0.717, 1.165) is 10.9 Å². The number of H-pyrrole nitrogens is 2. The number of amides is 1. The highest BCUT2D eigenvalue weighted by Crippen LogP contribution is 2.39. The molecule has 0 saturated heterocycles. The van der Waals surface area contributed by atoms with Crippen molar-refractivity contribution in [2.75, 3.05) is 0 Å². The lowest BCUT2D eigenvalue weighted by Gasteiger charge is -2.37. The van der Waals surface area contributed by atoms with Crippen LogP contribution in [-0.4, -0.2) is 27.3 Å². The van der Waals surface area contributed by atoms with Gasteiger partial charge in [-0.1, -0.05) is 6.07 Å². The van der Waals surface area contributed by atoms with Gasteiger partial charge in [-0.25, -0.2) is 0 Å². The molecule has 1 saturated carbocycles. The van der Waals surface area contributed by atoms with Crippen LogP contribution in [0.5, 0.6) is 0 Å². The normalized spacial score (nSPS) is 21.4. The quantitative estimate of drug-likeness (QED) is 0.629. The second-order valence-corrected chi connectivity index (χ2v) is 6.71. The largest absolute Gasteiger partial charge is 0.393 e. The lowest BCUT2D eigenvalue weighted by Crippen LogP contribution is -2.42. The number of aliphatic hydroxyl groups excluding tert-OH is 1. The Kier molecular flexibility index (Phi) is 4.44. The maximum atomic E-state index is 12.3. The summed E-state index contributed by atoms with van der Waals surface area (Å²) in [6.45, 7) is 0. The van der Waals surface area contributed by atoms with Gasteiger partial charge < -0.3 is 10.4 Å². The van der Waals surface area contributed by atoms with Crippen molar-refractivity contribution < 1.29 is 9.90 Å². The predicted octanol–water partition coefficient (Wildman–Crippen LogP) is 0.296. The first-order chi connectivity index (χ1) is 11.0. The Morgan fingerprint density at radius 3 is 2.83 bits per heavy atom. The minimum absolute atomic E-state index is 0.129. The van der Waals surface area contributed by atoms with E-state index in [1.165, 1.54) is 0 Å². The van der Waals surface area contributed by atoms with Crippen LogP contribution in [0.2, 0.25) is 0 Å². The average Bonchev–Trinajstić information content (AvgIpc) is 3.00. The molecule has 2 aromatic rings. The molecule has 4 N–H and O–H groups in total. The van der Waals surface area contributed by atoms with E-state index in [2.05, 4.69) is 15.5 Å². The number of aromatic nitrogens is 2. The maximum absolute atomic E-state index is 12.3. The molecule has 1 amide bonds. The Hall–Kier alpha value is -2.19. The van der Waals surface area contributed by atoms with Crippen molar-refractivity contribution in [1.29, 1.82) is 0 Å². The number of thiophene rings is 1. The molecule has 1 unspecified atom stereocenters. The SMILES string of the molecule is O=C(Cc1cc(=O)[nH][nH]c1=O)NC(c1cccs1)C1CC(O)C1. The zero-order valence-corrected chi connectivity index (χ0v) is 13.1. The van der Waals surface area contributed by atoms with Gasteiger partial charge in [-0.2, -0.15) is 0 Å². The summed E-state index contributed by atoms with van der Waals surface area (Å²) < 4.78 is 0. The fourth-order valence-corrected chi connectivity index (χ4v) is 3.65. The monoisotopic (exact) mass is 335 g/mol. The van der Waals surface area contributed by atoms with Crippen molar-refractivity contribution >= 4 is 17.2 Å². The van der Waals surface area contributed by atoms with Crippen LogP contribution < -0.4 is 16.4 Å². The molecule has 122 valence electrons. The van der Waals surface area contributed by atoms with E-state index >= 15 is 0 Å². The van der Waals surface area contributed by atoms with Gasteiger partial charge in [-0.05, 0) is 30.2 Å². The van der Waals surface area contributed by atoms with Gasteiger partial charge in [-0.3, -0.25) is 24.6 Å². The summed E-state index contributed by atoms with van der Waals surface area (Å²) in [7, 11) is 0. The molecule has 0 bridgehead atoms. The van der Waals surface area contributed by atoms with Gasteiger partial charge in [0.1, 0.15) is 0 Å². The van der Waals surface area contributed by atoms with Crippen molar-refractivity contribution in [3.05, 3.63) is 54.7 Å².